The Hall–Kier alpha value is -3.85. The van der Waals surface area contributed by atoms with Gasteiger partial charge in [-0.15, -0.1) is 0 Å². The van der Waals surface area contributed by atoms with Gasteiger partial charge in [0.05, 0.1) is 30.8 Å². The lowest BCUT2D eigenvalue weighted by atomic mass is 9.94. The number of anilines is 2. The van der Waals surface area contributed by atoms with Crippen LogP contribution in [0.15, 0.2) is 24.3 Å². The first-order valence-electron chi connectivity index (χ1n) is 16.5. The van der Waals surface area contributed by atoms with Gasteiger partial charge in [-0.1, -0.05) is 21.3 Å². The van der Waals surface area contributed by atoms with E-state index in [0.29, 0.717) is 32.3 Å². The van der Waals surface area contributed by atoms with Crippen LogP contribution in [-0.4, -0.2) is 60.8 Å². The van der Waals surface area contributed by atoms with Crippen LogP contribution in [-0.2, 0) is 44.8 Å². The van der Waals surface area contributed by atoms with Gasteiger partial charge in [-0.3, -0.25) is 24.0 Å². The van der Waals surface area contributed by atoms with Crippen LogP contribution in [0.2, 0.25) is 0 Å². The fraction of sp³-hybridized carbons (Fsp3) is 0.553. The Balaban J connectivity index is 0.000000247. The largest absolute Gasteiger partial charge is 0.466 e. The van der Waals surface area contributed by atoms with E-state index in [1.807, 2.05) is 34.1 Å². The molecule has 2 amide bonds. The second-order valence-corrected chi connectivity index (χ2v) is 12.5. The van der Waals surface area contributed by atoms with Crippen LogP contribution in [0, 0.1) is 0 Å². The lowest BCUT2D eigenvalue weighted by Gasteiger charge is -2.25. The van der Waals surface area contributed by atoms with Gasteiger partial charge in [0.1, 0.15) is 0 Å². The fourth-order valence-electron chi connectivity index (χ4n) is 6.92. The molecule has 4 aliphatic rings. The van der Waals surface area contributed by atoms with Crippen LogP contribution in [0.3, 0.4) is 0 Å². The molecule has 256 valence electrons. The van der Waals surface area contributed by atoms with Crippen molar-refractivity contribution in [1.29, 1.82) is 0 Å². The number of unbranched alkanes of at least 4 members (excludes halogenated alkanes) is 4. The van der Waals surface area contributed by atoms with E-state index in [0.717, 1.165) is 122 Å². The van der Waals surface area contributed by atoms with E-state index in [9.17, 15) is 24.0 Å². The van der Waals surface area contributed by atoms with E-state index >= 15 is 0 Å². The lowest BCUT2D eigenvalue weighted by molar-refractivity contribution is -0.141. The topological polar surface area (TPSA) is 121 Å². The lowest BCUT2D eigenvalue weighted by Crippen LogP contribution is -2.31. The van der Waals surface area contributed by atoms with Crippen molar-refractivity contribution in [1.82, 2.24) is 0 Å². The fourth-order valence-corrected chi connectivity index (χ4v) is 6.92. The minimum absolute atomic E-state index is 0. The van der Waals surface area contributed by atoms with E-state index in [1.165, 1.54) is 6.92 Å². The monoisotopic (exact) mass is 648 g/mol. The number of hydrogen-bond acceptors (Lipinski definition) is 7. The number of ether oxygens (including phenoxy) is 1. The molecule has 47 heavy (non-hydrogen) atoms. The highest BCUT2D eigenvalue weighted by Gasteiger charge is 2.34. The highest BCUT2D eigenvalue weighted by atomic mass is 16.5. The zero-order chi connectivity index (χ0) is 31.9. The van der Waals surface area contributed by atoms with Crippen molar-refractivity contribution in [2.24, 2.45) is 0 Å². The van der Waals surface area contributed by atoms with E-state index in [-0.39, 0.29) is 50.8 Å². The van der Waals surface area contributed by atoms with Gasteiger partial charge in [-0.25, -0.2) is 0 Å². The number of aliphatic hydroxyl groups excluding tert-OH is 1. The van der Waals surface area contributed by atoms with Crippen LogP contribution >= 0.6 is 0 Å². The predicted molar refractivity (Wildman–Crippen MR) is 184 cm³/mol. The number of carbonyl (C=O) groups is 5. The third-order valence-electron chi connectivity index (χ3n) is 9.08. The molecule has 4 aliphatic heterocycles. The molecule has 0 saturated carbocycles. The molecule has 0 fully saturated rings. The van der Waals surface area contributed by atoms with E-state index in [1.54, 1.807) is 0 Å². The van der Waals surface area contributed by atoms with E-state index < -0.39 is 0 Å². The smallest absolute Gasteiger partial charge is 0.302 e. The standard InChI is InChI=1S/C19H23NO4.C17H21NO3.2CH4/c1-13(21)24-9-4-2-3-7-17(22)15-10-14-6-5-8-20-18(23)12-16(11-15)19(14)20;19-8-3-1-2-6-15(20)13-9-12-5-4-7-18-16(21)11-14(10-13)17(12)18;;/h10-11H,2-9,12H2,1H3;9-10,19H,1-8,11H2;2*1H4. The highest BCUT2D eigenvalue weighted by molar-refractivity contribution is 6.06. The summed E-state index contributed by atoms with van der Waals surface area (Å²) in [5.41, 5.74) is 7.95. The third-order valence-corrected chi connectivity index (χ3v) is 9.08. The Labute approximate surface area is 279 Å². The van der Waals surface area contributed by atoms with E-state index in [4.69, 9.17) is 9.84 Å². The maximum absolute atomic E-state index is 12.5. The van der Waals surface area contributed by atoms with Gasteiger partial charge in [0.2, 0.25) is 11.8 Å². The SMILES string of the molecule is C.C.CC(=O)OCCCCCC(=O)c1cc2c3c(c1)CC(=O)N3CCC2.O=C(CCCCCO)c1cc2c3c(c1)CC(=O)N3CCC2. The average Bonchev–Trinajstić information content (AvgIpc) is 3.54. The zero-order valence-electron chi connectivity index (χ0n) is 26.3. The molecule has 0 radical (unpaired) electrons. The molecule has 9 heteroatoms. The molecular weight excluding hydrogens is 596 g/mol. The molecule has 0 unspecified atom stereocenters. The second kappa shape index (κ2) is 17.3. The average molecular weight is 649 g/mol. The molecule has 0 atom stereocenters. The third kappa shape index (κ3) is 8.95. The molecule has 0 saturated heterocycles. The summed E-state index contributed by atoms with van der Waals surface area (Å²) in [5.74, 6) is 0.350. The van der Waals surface area contributed by atoms with Crippen LogP contribution in [0.5, 0.6) is 0 Å². The van der Waals surface area contributed by atoms with Gasteiger partial charge in [0.15, 0.2) is 11.6 Å². The molecule has 2 aromatic rings. The summed E-state index contributed by atoms with van der Waals surface area (Å²) in [6.07, 6.45) is 10.6. The zero-order valence-corrected chi connectivity index (χ0v) is 26.3. The quantitative estimate of drug-likeness (QED) is 0.152. The first-order valence-corrected chi connectivity index (χ1v) is 16.5. The first kappa shape index (κ1) is 37.6. The van der Waals surface area contributed by atoms with Crippen molar-refractivity contribution < 1.29 is 33.8 Å². The van der Waals surface area contributed by atoms with Gasteiger partial charge < -0.3 is 19.6 Å². The van der Waals surface area contributed by atoms with Crippen molar-refractivity contribution in [2.45, 2.75) is 112 Å². The van der Waals surface area contributed by atoms with Crippen LogP contribution in [0.4, 0.5) is 11.4 Å². The number of nitrogens with zero attached hydrogens (tertiary/aromatic N) is 2. The minimum atomic E-state index is -0.262. The van der Waals surface area contributed by atoms with Crippen LogP contribution < -0.4 is 9.80 Å². The maximum Gasteiger partial charge on any atom is 0.302 e. The molecule has 0 aromatic heterocycles. The molecule has 2 aromatic carbocycles. The van der Waals surface area contributed by atoms with Crippen molar-refractivity contribution in [3.8, 4) is 0 Å². The molecule has 0 bridgehead atoms. The highest BCUT2D eigenvalue weighted by Crippen LogP contribution is 2.39. The number of amides is 2. The summed E-state index contributed by atoms with van der Waals surface area (Å²) in [5, 5.41) is 8.76. The Morgan fingerprint density at radius 2 is 1.13 bits per heavy atom. The minimum Gasteiger partial charge on any atom is -0.466 e. The summed E-state index contributed by atoms with van der Waals surface area (Å²) < 4.78 is 4.88. The molecular formula is C38H52N2O7. The van der Waals surface area contributed by atoms with Gasteiger partial charge in [0, 0.05) is 50.6 Å². The van der Waals surface area contributed by atoms with Crippen LogP contribution in [0.25, 0.3) is 0 Å². The van der Waals surface area contributed by atoms with Crippen molar-refractivity contribution >= 4 is 40.7 Å². The summed E-state index contributed by atoms with van der Waals surface area (Å²) >= 11 is 0. The van der Waals surface area contributed by atoms with Crippen molar-refractivity contribution in [2.75, 3.05) is 36.1 Å². The summed E-state index contributed by atoms with van der Waals surface area (Å²) in [6, 6.07) is 7.78. The number of esters is 1. The van der Waals surface area contributed by atoms with Crippen LogP contribution in [0.1, 0.15) is 129 Å². The Morgan fingerprint density at radius 1 is 0.681 bits per heavy atom. The number of aliphatic hydroxyl groups is 1. The number of ketones is 2. The predicted octanol–water partition coefficient (Wildman–Crippen LogP) is 6.36. The summed E-state index contributed by atoms with van der Waals surface area (Å²) in [7, 11) is 0. The van der Waals surface area contributed by atoms with E-state index in [2.05, 4.69) is 0 Å². The number of carbonyl (C=O) groups excluding carboxylic acids is 5. The molecule has 6 rings (SSSR count). The molecule has 1 N–H and O–H groups in total. The van der Waals surface area contributed by atoms with Gasteiger partial charge in [-0.2, -0.15) is 0 Å². The Bertz CT molecular complexity index is 1480. The second-order valence-electron chi connectivity index (χ2n) is 12.5. The Kier molecular flexibility index (Phi) is 13.9. The summed E-state index contributed by atoms with van der Waals surface area (Å²) in [6.45, 7) is 3.62. The van der Waals surface area contributed by atoms with Gasteiger partial charge >= 0.3 is 5.97 Å². The number of rotatable bonds is 13. The maximum atomic E-state index is 12.5. The number of hydrogen-bond donors (Lipinski definition) is 1. The normalized spacial score (nSPS) is 15.1. The molecule has 0 spiro atoms. The number of Topliss-reactive ketones (excluding diaryl/α,β-unsaturated/α-hetero) is 2. The molecule has 0 aliphatic carbocycles. The first-order chi connectivity index (χ1) is 21.8. The molecule has 4 heterocycles. The van der Waals surface area contributed by atoms with Gasteiger partial charge in [0.25, 0.3) is 0 Å². The Morgan fingerprint density at radius 3 is 1.57 bits per heavy atom. The van der Waals surface area contributed by atoms with Crippen molar-refractivity contribution in [3.05, 3.63) is 57.6 Å². The van der Waals surface area contributed by atoms with Gasteiger partial charge in [-0.05, 0) is 104 Å². The van der Waals surface area contributed by atoms with Crippen molar-refractivity contribution in [3.63, 3.8) is 0 Å². The summed E-state index contributed by atoms with van der Waals surface area (Å²) in [4.78, 5) is 63.2. The molecule has 9 nitrogen and oxygen atoms in total. The number of benzene rings is 2. The number of aryl methyl sites for hydroxylation is 2.